The van der Waals surface area contributed by atoms with Crippen LogP contribution < -0.4 is 20.4 Å². The Morgan fingerprint density at radius 1 is 1.21 bits per heavy atom. The maximum atomic E-state index is 13.7. The molecule has 0 radical (unpaired) electrons. The van der Waals surface area contributed by atoms with Crippen LogP contribution in [-0.2, 0) is 6.54 Å². The number of hydrazone groups is 1. The van der Waals surface area contributed by atoms with Gasteiger partial charge in [0.15, 0.2) is 5.11 Å². The number of hydrogen-bond acceptors (Lipinski definition) is 3. The minimum atomic E-state index is -0.364. The van der Waals surface area contributed by atoms with Crippen LogP contribution in [0.5, 0.6) is 5.75 Å². The van der Waals surface area contributed by atoms with Gasteiger partial charge in [-0.25, -0.2) is 4.39 Å². The van der Waals surface area contributed by atoms with E-state index in [1.807, 2.05) is 19.1 Å². The second-order valence-electron chi connectivity index (χ2n) is 6.90. The molecule has 7 heteroatoms. The van der Waals surface area contributed by atoms with Crippen molar-refractivity contribution < 1.29 is 14.0 Å². The zero-order valence-corrected chi connectivity index (χ0v) is 17.0. The highest BCUT2D eigenvalue weighted by Gasteiger charge is 2.18. The fourth-order valence-electron chi connectivity index (χ4n) is 3.37. The molecule has 2 aromatic rings. The van der Waals surface area contributed by atoms with Crippen molar-refractivity contribution in [2.45, 2.75) is 26.3 Å². The minimum absolute atomic E-state index is 0.236. The van der Waals surface area contributed by atoms with Crippen LogP contribution in [0.15, 0.2) is 47.6 Å². The van der Waals surface area contributed by atoms with Crippen LogP contribution in [0, 0.1) is 5.82 Å². The highest BCUT2D eigenvalue weighted by atomic mass is 32.1. The number of likely N-dealkylation sites (tertiary alicyclic amines) is 1. The summed E-state index contributed by atoms with van der Waals surface area (Å²) in [5.41, 5.74) is 6.06. The van der Waals surface area contributed by atoms with E-state index in [9.17, 15) is 4.39 Å². The van der Waals surface area contributed by atoms with E-state index in [0.717, 1.165) is 23.6 Å². The van der Waals surface area contributed by atoms with E-state index in [4.69, 9.17) is 17.0 Å². The number of ether oxygens (including phenoxy) is 1. The number of thiocarbonyl (C=S) groups is 1. The first-order valence-electron chi connectivity index (χ1n) is 9.43. The van der Waals surface area contributed by atoms with E-state index in [-0.39, 0.29) is 10.9 Å². The van der Waals surface area contributed by atoms with Crippen LogP contribution >= 0.6 is 12.2 Å². The summed E-state index contributed by atoms with van der Waals surface area (Å²) < 4.78 is 19.2. The highest BCUT2D eigenvalue weighted by molar-refractivity contribution is 7.80. The summed E-state index contributed by atoms with van der Waals surface area (Å²) in [4.78, 5) is 1.58. The Hall–Kier alpha value is -2.51. The number of hydrogen-bond donors (Lipinski definition) is 3. The molecule has 0 amide bonds. The number of quaternary nitrogens is 1. The lowest BCUT2D eigenvalue weighted by atomic mass is 10.1. The smallest absolute Gasteiger partial charge is 0.191 e. The molecule has 1 fully saturated rings. The molecular formula is C21H26FN4OS+. The summed E-state index contributed by atoms with van der Waals surface area (Å²) in [5, 5.41) is 7.39. The van der Waals surface area contributed by atoms with Crippen molar-refractivity contribution in [1.29, 1.82) is 0 Å². The molecular weight excluding hydrogens is 375 g/mol. The topological polar surface area (TPSA) is 50.1 Å². The molecule has 1 heterocycles. The Bertz CT molecular complexity index is 865. The molecule has 2 aromatic carbocycles. The number of anilines is 1. The minimum Gasteiger partial charge on any atom is -0.496 e. The summed E-state index contributed by atoms with van der Waals surface area (Å²) in [6, 6.07) is 12.5. The predicted octanol–water partition coefficient (Wildman–Crippen LogP) is 2.72. The fraction of sp³-hybridized carbons (Fsp3) is 0.333. The second kappa shape index (κ2) is 9.61. The SMILES string of the molecule is COc1ccc(/C(C)=N\NC(=S)Nc2ccccc2F)cc1C[NH+]1CCCC1. The molecule has 148 valence electrons. The average Bonchev–Trinajstić information content (AvgIpc) is 3.21. The van der Waals surface area contributed by atoms with Crippen LogP contribution in [0.2, 0.25) is 0 Å². The third-order valence-electron chi connectivity index (χ3n) is 4.90. The van der Waals surface area contributed by atoms with Crippen LogP contribution in [0.25, 0.3) is 0 Å². The van der Waals surface area contributed by atoms with E-state index in [1.54, 1.807) is 30.2 Å². The molecule has 5 nitrogen and oxygen atoms in total. The van der Waals surface area contributed by atoms with Crippen LogP contribution in [0.4, 0.5) is 10.1 Å². The van der Waals surface area contributed by atoms with Crippen molar-refractivity contribution in [3.8, 4) is 5.75 Å². The average molecular weight is 402 g/mol. The summed E-state index contributed by atoms with van der Waals surface area (Å²) in [5.74, 6) is 0.539. The Morgan fingerprint density at radius 3 is 2.68 bits per heavy atom. The van der Waals surface area contributed by atoms with Gasteiger partial charge in [0.25, 0.3) is 0 Å². The van der Waals surface area contributed by atoms with Gasteiger partial charge < -0.3 is 15.0 Å². The molecule has 0 spiro atoms. The van der Waals surface area contributed by atoms with Crippen molar-refractivity contribution in [3.05, 3.63) is 59.4 Å². The summed E-state index contributed by atoms with van der Waals surface area (Å²) in [6.07, 6.45) is 2.57. The first-order valence-corrected chi connectivity index (χ1v) is 9.84. The zero-order chi connectivity index (χ0) is 19.9. The predicted molar refractivity (Wildman–Crippen MR) is 115 cm³/mol. The third-order valence-corrected chi connectivity index (χ3v) is 5.09. The van der Waals surface area contributed by atoms with Gasteiger partial charge in [-0.3, -0.25) is 5.43 Å². The van der Waals surface area contributed by atoms with E-state index in [1.165, 1.54) is 37.6 Å². The lowest BCUT2D eigenvalue weighted by Gasteiger charge is -2.16. The van der Waals surface area contributed by atoms with Crippen LogP contribution in [-0.4, -0.2) is 31.0 Å². The van der Waals surface area contributed by atoms with Gasteiger partial charge in [0.2, 0.25) is 0 Å². The maximum Gasteiger partial charge on any atom is 0.191 e. The van der Waals surface area contributed by atoms with Crippen molar-refractivity contribution >= 4 is 28.7 Å². The number of rotatable bonds is 6. The second-order valence-corrected chi connectivity index (χ2v) is 7.31. The van der Waals surface area contributed by atoms with Gasteiger partial charge in [0.1, 0.15) is 18.1 Å². The molecule has 1 saturated heterocycles. The lowest BCUT2D eigenvalue weighted by Crippen LogP contribution is -3.08. The number of benzene rings is 2. The van der Waals surface area contributed by atoms with Crippen molar-refractivity contribution in [3.63, 3.8) is 0 Å². The number of methoxy groups -OCH3 is 1. The Balaban J connectivity index is 1.67. The fourth-order valence-corrected chi connectivity index (χ4v) is 3.53. The number of nitrogens with zero attached hydrogens (tertiary/aromatic N) is 1. The van der Waals surface area contributed by atoms with E-state index >= 15 is 0 Å². The van der Waals surface area contributed by atoms with Crippen molar-refractivity contribution in [1.82, 2.24) is 5.43 Å². The first kappa shape index (κ1) is 20.2. The molecule has 1 aliphatic heterocycles. The standard InChI is InChI=1S/C21H25FN4OS/c1-15(24-25-21(28)23-19-8-4-3-7-18(19)22)16-9-10-20(27-2)17(13-16)14-26-11-5-6-12-26/h3-4,7-10,13H,5-6,11-12,14H2,1-2H3,(H2,23,25,28)/p+1/b24-15-. The molecule has 3 rings (SSSR count). The summed E-state index contributed by atoms with van der Waals surface area (Å²) in [7, 11) is 1.70. The first-order chi connectivity index (χ1) is 13.6. The number of halogens is 1. The molecule has 1 aliphatic rings. The lowest BCUT2D eigenvalue weighted by molar-refractivity contribution is -0.901. The van der Waals surface area contributed by atoms with Gasteiger partial charge in [-0.2, -0.15) is 5.10 Å². The molecule has 0 unspecified atom stereocenters. The molecule has 3 N–H and O–H groups in total. The van der Waals surface area contributed by atoms with Crippen molar-refractivity contribution in [2.24, 2.45) is 5.10 Å². The van der Waals surface area contributed by atoms with Gasteiger partial charge >= 0.3 is 0 Å². The van der Waals surface area contributed by atoms with E-state index in [2.05, 4.69) is 21.9 Å². The summed E-state index contributed by atoms with van der Waals surface area (Å²) in [6.45, 7) is 5.27. The molecule has 0 bridgehead atoms. The Labute approximate surface area is 170 Å². The number of para-hydroxylation sites is 1. The Morgan fingerprint density at radius 2 is 1.96 bits per heavy atom. The van der Waals surface area contributed by atoms with Crippen LogP contribution in [0.3, 0.4) is 0 Å². The molecule has 0 saturated carbocycles. The molecule has 0 atom stereocenters. The third kappa shape index (κ3) is 5.27. The maximum absolute atomic E-state index is 13.7. The Kier molecular flexibility index (Phi) is 6.95. The normalized spacial score (nSPS) is 14.8. The van der Waals surface area contributed by atoms with E-state index in [0.29, 0.717) is 5.69 Å². The van der Waals surface area contributed by atoms with E-state index < -0.39 is 0 Å². The van der Waals surface area contributed by atoms with Crippen molar-refractivity contribution in [2.75, 3.05) is 25.5 Å². The molecule has 28 heavy (non-hydrogen) atoms. The van der Waals surface area contributed by atoms with Gasteiger partial charge in [-0.15, -0.1) is 0 Å². The van der Waals surface area contributed by atoms with Gasteiger partial charge in [0, 0.05) is 18.4 Å². The largest absolute Gasteiger partial charge is 0.496 e. The van der Waals surface area contributed by atoms with Gasteiger partial charge in [0.05, 0.1) is 31.6 Å². The number of nitrogens with one attached hydrogen (secondary N) is 3. The zero-order valence-electron chi connectivity index (χ0n) is 16.2. The summed E-state index contributed by atoms with van der Waals surface area (Å²) >= 11 is 5.21. The van der Waals surface area contributed by atoms with Gasteiger partial charge in [-0.1, -0.05) is 12.1 Å². The van der Waals surface area contributed by atoms with Gasteiger partial charge in [-0.05, 0) is 55.0 Å². The highest BCUT2D eigenvalue weighted by Crippen LogP contribution is 2.20. The molecule has 0 aliphatic carbocycles. The quantitative estimate of drug-likeness (QED) is 0.396. The van der Waals surface area contributed by atoms with Crippen LogP contribution in [0.1, 0.15) is 30.9 Å². The molecule has 0 aromatic heterocycles. The monoisotopic (exact) mass is 401 g/mol.